The van der Waals surface area contributed by atoms with Crippen LogP contribution in [0.1, 0.15) is 66.7 Å². The van der Waals surface area contributed by atoms with E-state index < -0.39 is 0 Å². The van der Waals surface area contributed by atoms with E-state index in [9.17, 15) is 4.79 Å². The SMILES string of the molecule is CC(C)c1cc(C(=O)NC2CCC(n3cnnc3)CC2)cs1. The third-order valence-corrected chi connectivity index (χ3v) is 5.57. The van der Waals surface area contributed by atoms with Gasteiger partial charge in [0.05, 0.1) is 5.56 Å². The van der Waals surface area contributed by atoms with Crippen LogP contribution in [0.5, 0.6) is 0 Å². The molecular formula is C16H22N4OS. The maximum atomic E-state index is 12.3. The summed E-state index contributed by atoms with van der Waals surface area (Å²) in [5.74, 6) is 0.543. The first-order valence-corrected chi connectivity index (χ1v) is 8.75. The van der Waals surface area contributed by atoms with Crippen molar-refractivity contribution in [2.75, 3.05) is 0 Å². The van der Waals surface area contributed by atoms with Crippen LogP contribution < -0.4 is 5.32 Å². The molecule has 6 heteroatoms. The van der Waals surface area contributed by atoms with Crippen molar-refractivity contribution in [2.45, 2.75) is 57.5 Å². The number of carbonyl (C=O) groups is 1. The second-order valence-electron chi connectivity index (χ2n) is 6.28. The van der Waals surface area contributed by atoms with Crippen molar-refractivity contribution >= 4 is 17.2 Å². The Morgan fingerprint density at radius 3 is 2.55 bits per heavy atom. The number of nitrogens with zero attached hydrogens (tertiary/aromatic N) is 3. The van der Waals surface area contributed by atoms with Gasteiger partial charge in [-0.3, -0.25) is 4.79 Å². The van der Waals surface area contributed by atoms with E-state index in [1.807, 2.05) is 11.4 Å². The molecule has 2 aromatic heterocycles. The lowest BCUT2D eigenvalue weighted by atomic mass is 9.91. The van der Waals surface area contributed by atoms with Crippen molar-refractivity contribution in [3.63, 3.8) is 0 Å². The van der Waals surface area contributed by atoms with Crippen LogP contribution in [0.2, 0.25) is 0 Å². The third-order valence-electron chi connectivity index (χ3n) is 4.34. The summed E-state index contributed by atoms with van der Waals surface area (Å²) in [4.78, 5) is 13.6. The Morgan fingerprint density at radius 2 is 1.95 bits per heavy atom. The molecule has 0 unspecified atom stereocenters. The molecule has 118 valence electrons. The largest absolute Gasteiger partial charge is 0.349 e. The normalized spacial score (nSPS) is 22.0. The molecule has 1 aliphatic carbocycles. The average Bonchev–Trinajstić information content (AvgIpc) is 3.20. The Morgan fingerprint density at radius 1 is 1.27 bits per heavy atom. The summed E-state index contributed by atoms with van der Waals surface area (Å²) in [6, 6.07) is 2.77. The summed E-state index contributed by atoms with van der Waals surface area (Å²) in [5.41, 5.74) is 0.801. The van der Waals surface area contributed by atoms with Gasteiger partial charge in [0.15, 0.2) is 0 Å². The molecule has 5 nitrogen and oxygen atoms in total. The van der Waals surface area contributed by atoms with E-state index in [0.717, 1.165) is 31.2 Å². The molecule has 0 saturated heterocycles. The van der Waals surface area contributed by atoms with Crippen molar-refractivity contribution in [1.29, 1.82) is 0 Å². The van der Waals surface area contributed by atoms with Gasteiger partial charge in [0.2, 0.25) is 0 Å². The second-order valence-corrected chi connectivity index (χ2v) is 7.22. The zero-order valence-electron chi connectivity index (χ0n) is 13.0. The van der Waals surface area contributed by atoms with Crippen molar-refractivity contribution < 1.29 is 4.79 Å². The first-order chi connectivity index (χ1) is 10.6. The van der Waals surface area contributed by atoms with E-state index in [-0.39, 0.29) is 11.9 Å². The lowest BCUT2D eigenvalue weighted by molar-refractivity contribution is 0.0923. The van der Waals surface area contributed by atoms with Crippen molar-refractivity contribution in [3.05, 3.63) is 34.5 Å². The van der Waals surface area contributed by atoms with E-state index >= 15 is 0 Å². The van der Waals surface area contributed by atoms with E-state index in [1.54, 1.807) is 24.0 Å². The summed E-state index contributed by atoms with van der Waals surface area (Å²) in [6.45, 7) is 4.31. The first-order valence-electron chi connectivity index (χ1n) is 7.87. The summed E-state index contributed by atoms with van der Waals surface area (Å²) >= 11 is 1.67. The zero-order valence-corrected chi connectivity index (χ0v) is 13.8. The number of hydrogen-bond acceptors (Lipinski definition) is 4. The Bertz CT molecular complexity index is 612. The molecule has 0 aliphatic heterocycles. The minimum Gasteiger partial charge on any atom is -0.349 e. The Kier molecular flexibility index (Phi) is 4.57. The fourth-order valence-electron chi connectivity index (χ4n) is 2.96. The van der Waals surface area contributed by atoms with Gasteiger partial charge in [0.25, 0.3) is 5.91 Å². The van der Waals surface area contributed by atoms with Crippen LogP contribution in [0.4, 0.5) is 0 Å². The molecule has 1 N–H and O–H groups in total. The summed E-state index contributed by atoms with van der Waals surface area (Å²) < 4.78 is 2.08. The van der Waals surface area contributed by atoms with E-state index in [0.29, 0.717) is 12.0 Å². The van der Waals surface area contributed by atoms with E-state index in [2.05, 4.69) is 33.9 Å². The first kappa shape index (κ1) is 15.2. The van der Waals surface area contributed by atoms with Crippen LogP contribution in [0.15, 0.2) is 24.1 Å². The predicted octanol–water partition coefficient (Wildman–Crippen LogP) is 3.38. The number of amides is 1. The quantitative estimate of drug-likeness (QED) is 0.940. The lowest BCUT2D eigenvalue weighted by Gasteiger charge is -2.29. The summed E-state index contributed by atoms with van der Waals surface area (Å²) in [5, 5.41) is 12.9. The highest BCUT2D eigenvalue weighted by molar-refractivity contribution is 7.10. The highest BCUT2D eigenvalue weighted by Crippen LogP contribution is 2.28. The minimum atomic E-state index is 0.0656. The van der Waals surface area contributed by atoms with Gasteiger partial charge in [-0.05, 0) is 37.7 Å². The second kappa shape index (κ2) is 6.60. The van der Waals surface area contributed by atoms with Gasteiger partial charge in [0, 0.05) is 22.3 Å². The maximum Gasteiger partial charge on any atom is 0.252 e. The Hall–Kier alpha value is -1.69. The number of rotatable bonds is 4. The fourth-order valence-corrected chi connectivity index (χ4v) is 3.86. The van der Waals surface area contributed by atoms with Crippen LogP contribution in [0.3, 0.4) is 0 Å². The van der Waals surface area contributed by atoms with Crippen molar-refractivity contribution in [2.24, 2.45) is 0 Å². The van der Waals surface area contributed by atoms with Crippen LogP contribution in [-0.4, -0.2) is 26.7 Å². The van der Waals surface area contributed by atoms with Crippen LogP contribution in [-0.2, 0) is 0 Å². The van der Waals surface area contributed by atoms with Crippen LogP contribution in [0.25, 0.3) is 0 Å². The van der Waals surface area contributed by atoms with Gasteiger partial charge >= 0.3 is 0 Å². The number of carbonyl (C=O) groups excluding carboxylic acids is 1. The van der Waals surface area contributed by atoms with Gasteiger partial charge in [-0.25, -0.2) is 0 Å². The van der Waals surface area contributed by atoms with Crippen molar-refractivity contribution in [3.8, 4) is 0 Å². The number of hydrogen-bond donors (Lipinski definition) is 1. The summed E-state index contributed by atoms with van der Waals surface area (Å²) in [6.07, 6.45) is 7.70. The molecule has 0 atom stereocenters. The molecule has 22 heavy (non-hydrogen) atoms. The monoisotopic (exact) mass is 318 g/mol. The Labute approximate surface area is 134 Å². The number of nitrogens with one attached hydrogen (secondary N) is 1. The average molecular weight is 318 g/mol. The number of thiophene rings is 1. The van der Waals surface area contributed by atoms with E-state index in [1.165, 1.54) is 4.88 Å². The zero-order chi connectivity index (χ0) is 15.5. The van der Waals surface area contributed by atoms with Gasteiger partial charge in [-0.1, -0.05) is 13.8 Å². The molecule has 0 bridgehead atoms. The molecule has 0 spiro atoms. The van der Waals surface area contributed by atoms with Crippen LogP contribution >= 0.6 is 11.3 Å². The molecule has 1 saturated carbocycles. The molecule has 0 aromatic carbocycles. The van der Waals surface area contributed by atoms with Gasteiger partial charge < -0.3 is 9.88 Å². The maximum absolute atomic E-state index is 12.3. The van der Waals surface area contributed by atoms with Gasteiger partial charge in [0.1, 0.15) is 12.7 Å². The minimum absolute atomic E-state index is 0.0656. The Balaban J connectivity index is 1.52. The molecule has 0 radical (unpaired) electrons. The van der Waals surface area contributed by atoms with Gasteiger partial charge in [-0.15, -0.1) is 21.5 Å². The molecule has 1 amide bonds. The number of aromatic nitrogens is 3. The smallest absolute Gasteiger partial charge is 0.252 e. The molecular weight excluding hydrogens is 296 g/mol. The lowest BCUT2D eigenvalue weighted by Crippen LogP contribution is -2.37. The molecule has 3 rings (SSSR count). The summed E-state index contributed by atoms with van der Waals surface area (Å²) in [7, 11) is 0. The highest BCUT2D eigenvalue weighted by Gasteiger charge is 2.24. The van der Waals surface area contributed by atoms with E-state index in [4.69, 9.17) is 0 Å². The molecule has 1 aliphatic rings. The predicted molar refractivity (Wildman–Crippen MR) is 87.2 cm³/mol. The molecule has 2 aromatic rings. The fraction of sp³-hybridized carbons (Fsp3) is 0.562. The molecule has 2 heterocycles. The highest BCUT2D eigenvalue weighted by atomic mass is 32.1. The third kappa shape index (κ3) is 3.38. The standard InChI is InChI=1S/C16H22N4OS/c1-11(2)15-7-12(8-22-15)16(21)19-13-3-5-14(6-4-13)20-9-17-18-10-20/h7-11,13-14H,3-6H2,1-2H3,(H,19,21). The molecule has 1 fully saturated rings. The topological polar surface area (TPSA) is 59.8 Å². The van der Waals surface area contributed by atoms with Gasteiger partial charge in [-0.2, -0.15) is 0 Å². The van der Waals surface area contributed by atoms with Crippen LogP contribution in [0, 0.1) is 0 Å². The van der Waals surface area contributed by atoms with Crippen molar-refractivity contribution in [1.82, 2.24) is 20.1 Å².